The van der Waals surface area contributed by atoms with E-state index in [1.54, 1.807) is 0 Å². The SMILES string of the molecule is Fc1ccc(CN2CCOCC2c2ncc(-c3cccc(Cl)c3)[nH]2)cc1. The summed E-state index contributed by atoms with van der Waals surface area (Å²) in [6, 6.07) is 14.3. The summed E-state index contributed by atoms with van der Waals surface area (Å²) < 4.78 is 18.8. The summed E-state index contributed by atoms with van der Waals surface area (Å²) >= 11 is 6.09. The lowest BCUT2D eigenvalue weighted by molar-refractivity contribution is -0.0156. The zero-order chi connectivity index (χ0) is 17.9. The zero-order valence-electron chi connectivity index (χ0n) is 14.2. The van der Waals surface area contributed by atoms with Gasteiger partial charge in [0, 0.05) is 23.7 Å². The van der Waals surface area contributed by atoms with E-state index in [2.05, 4.69) is 14.9 Å². The lowest BCUT2D eigenvalue weighted by Crippen LogP contribution is -2.39. The fourth-order valence-corrected chi connectivity index (χ4v) is 3.40. The van der Waals surface area contributed by atoms with Crippen molar-refractivity contribution in [3.63, 3.8) is 0 Å². The van der Waals surface area contributed by atoms with Gasteiger partial charge in [0.15, 0.2) is 0 Å². The summed E-state index contributed by atoms with van der Waals surface area (Å²) in [4.78, 5) is 10.3. The molecule has 1 saturated heterocycles. The Hall–Kier alpha value is -2.21. The second-order valence-electron chi connectivity index (χ2n) is 6.38. The van der Waals surface area contributed by atoms with Crippen molar-refractivity contribution in [2.24, 2.45) is 0 Å². The molecule has 0 aliphatic carbocycles. The van der Waals surface area contributed by atoms with Crippen LogP contribution in [0.25, 0.3) is 11.3 Å². The fourth-order valence-electron chi connectivity index (χ4n) is 3.21. The van der Waals surface area contributed by atoms with Gasteiger partial charge in [-0.3, -0.25) is 4.90 Å². The summed E-state index contributed by atoms with van der Waals surface area (Å²) in [5.41, 5.74) is 2.99. The topological polar surface area (TPSA) is 41.1 Å². The van der Waals surface area contributed by atoms with Crippen molar-refractivity contribution in [1.82, 2.24) is 14.9 Å². The van der Waals surface area contributed by atoms with Gasteiger partial charge in [-0.15, -0.1) is 0 Å². The molecule has 1 atom stereocenters. The first-order chi connectivity index (χ1) is 12.7. The Morgan fingerprint density at radius 3 is 2.88 bits per heavy atom. The number of morpholine rings is 1. The molecule has 0 bridgehead atoms. The number of halogens is 2. The number of hydrogen-bond acceptors (Lipinski definition) is 3. The highest BCUT2D eigenvalue weighted by atomic mass is 35.5. The molecule has 1 aliphatic rings. The maximum Gasteiger partial charge on any atom is 0.126 e. The van der Waals surface area contributed by atoms with E-state index in [4.69, 9.17) is 16.3 Å². The van der Waals surface area contributed by atoms with Crippen molar-refractivity contribution < 1.29 is 9.13 Å². The van der Waals surface area contributed by atoms with E-state index < -0.39 is 0 Å². The van der Waals surface area contributed by atoms with Crippen LogP contribution < -0.4 is 0 Å². The third kappa shape index (κ3) is 3.80. The Bertz CT molecular complexity index is 881. The molecule has 2 aromatic carbocycles. The van der Waals surface area contributed by atoms with Crippen molar-refractivity contribution in [2.45, 2.75) is 12.6 Å². The number of benzene rings is 2. The monoisotopic (exact) mass is 371 g/mol. The van der Waals surface area contributed by atoms with Crippen LogP contribution in [0.3, 0.4) is 0 Å². The number of ether oxygens (including phenoxy) is 1. The van der Waals surface area contributed by atoms with Gasteiger partial charge >= 0.3 is 0 Å². The van der Waals surface area contributed by atoms with E-state index >= 15 is 0 Å². The van der Waals surface area contributed by atoms with Crippen LogP contribution in [-0.4, -0.2) is 34.6 Å². The van der Waals surface area contributed by atoms with E-state index in [1.165, 1.54) is 12.1 Å². The second-order valence-corrected chi connectivity index (χ2v) is 6.82. The number of H-pyrrole nitrogens is 1. The second kappa shape index (κ2) is 7.58. The highest BCUT2D eigenvalue weighted by molar-refractivity contribution is 6.30. The van der Waals surface area contributed by atoms with Gasteiger partial charge in [-0.2, -0.15) is 0 Å². The Morgan fingerprint density at radius 2 is 2.08 bits per heavy atom. The highest BCUT2D eigenvalue weighted by Crippen LogP contribution is 2.27. The van der Waals surface area contributed by atoms with E-state index in [0.29, 0.717) is 18.2 Å². The summed E-state index contributed by atoms with van der Waals surface area (Å²) in [6.45, 7) is 2.78. The standard InChI is InChI=1S/C20H19ClFN3O/c21-16-3-1-2-15(10-16)18-11-23-20(24-18)19-13-26-9-8-25(19)12-14-4-6-17(22)7-5-14/h1-7,10-11,19H,8-9,12-13H2,(H,23,24). The minimum absolute atomic E-state index is 0.0294. The number of rotatable bonds is 4. The van der Waals surface area contributed by atoms with Crippen molar-refractivity contribution in [2.75, 3.05) is 19.8 Å². The van der Waals surface area contributed by atoms with Crippen LogP contribution >= 0.6 is 11.6 Å². The number of aromatic amines is 1. The van der Waals surface area contributed by atoms with Gasteiger partial charge < -0.3 is 9.72 Å². The van der Waals surface area contributed by atoms with Gasteiger partial charge in [-0.25, -0.2) is 9.37 Å². The number of aromatic nitrogens is 2. The predicted molar refractivity (Wildman–Crippen MR) is 99.4 cm³/mol. The van der Waals surface area contributed by atoms with Gasteiger partial charge in [0.25, 0.3) is 0 Å². The first-order valence-electron chi connectivity index (χ1n) is 8.56. The Labute approximate surface area is 156 Å². The summed E-state index contributed by atoms with van der Waals surface area (Å²) in [5, 5.41) is 0.692. The van der Waals surface area contributed by atoms with Crippen LogP contribution in [0.5, 0.6) is 0 Å². The molecule has 1 unspecified atom stereocenters. The van der Waals surface area contributed by atoms with Crippen LogP contribution in [0.2, 0.25) is 5.02 Å². The molecule has 0 amide bonds. The van der Waals surface area contributed by atoms with Gasteiger partial charge in [-0.1, -0.05) is 35.9 Å². The third-order valence-electron chi connectivity index (χ3n) is 4.58. The van der Waals surface area contributed by atoms with Gasteiger partial charge in [0.2, 0.25) is 0 Å². The average Bonchev–Trinajstić information content (AvgIpc) is 3.14. The minimum atomic E-state index is -0.218. The van der Waals surface area contributed by atoms with Crippen LogP contribution in [0.4, 0.5) is 4.39 Å². The Kier molecular flexibility index (Phi) is 5.02. The zero-order valence-corrected chi connectivity index (χ0v) is 14.9. The van der Waals surface area contributed by atoms with E-state index in [1.807, 2.05) is 42.6 Å². The van der Waals surface area contributed by atoms with Crippen molar-refractivity contribution >= 4 is 11.6 Å². The summed E-state index contributed by atoms with van der Waals surface area (Å²) in [7, 11) is 0. The van der Waals surface area contributed by atoms with E-state index in [-0.39, 0.29) is 11.9 Å². The molecule has 4 rings (SSSR count). The maximum atomic E-state index is 13.1. The van der Waals surface area contributed by atoms with Crippen molar-refractivity contribution in [1.29, 1.82) is 0 Å². The van der Waals surface area contributed by atoms with Crippen molar-refractivity contribution in [3.05, 3.63) is 77.0 Å². The lowest BCUT2D eigenvalue weighted by atomic mass is 10.1. The maximum absolute atomic E-state index is 13.1. The molecule has 1 aromatic heterocycles. The molecular formula is C20H19ClFN3O. The number of imidazole rings is 1. The summed E-state index contributed by atoms with van der Waals surface area (Å²) in [5.74, 6) is 0.645. The highest BCUT2D eigenvalue weighted by Gasteiger charge is 2.27. The fraction of sp³-hybridized carbons (Fsp3) is 0.250. The largest absolute Gasteiger partial charge is 0.378 e. The molecule has 1 fully saturated rings. The molecule has 134 valence electrons. The molecular weight excluding hydrogens is 353 g/mol. The summed E-state index contributed by atoms with van der Waals surface area (Å²) in [6.07, 6.45) is 1.83. The normalized spacial score (nSPS) is 18.2. The Balaban J connectivity index is 1.55. The number of nitrogens with one attached hydrogen (secondary N) is 1. The van der Waals surface area contributed by atoms with Gasteiger partial charge in [0.1, 0.15) is 11.6 Å². The average molecular weight is 372 g/mol. The smallest absolute Gasteiger partial charge is 0.126 e. The van der Waals surface area contributed by atoms with E-state index in [9.17, 15) is 4.39 Å². The van der Waals surface area contributed by atoms with Crippen LogP contribution in [0.15, 0.2) is 54.7 Å². The molecule has 0 radical (unpaired) electrons. The third-order valence-corrected chi connectivity index (χ3v) is 4.82. The van der Waals surface area contributed by atoms with Crippen molar-refractivity contribution in [3.8, 4) is 11.3 Å². The minimum Gasteiger partial charge on any atom is -0.378 e. The molecule has 1 aliphatic heterocycles. The molecule has 26 heavy (non-hydrogen) atoms. The molecule has 3 aromatic rings. The Morgan fingerprint density at radius 1 is 1.23 bits per heavy atom. The molecule has 4 nitrogen and oxygen atoms in total. The van der Waals surface area contributed by atoms with Gasteiger partial charge in [0.05, 0.1) is 31.1 Å². The molecule has 0 saturated carbocycles. The first kappa shape index (κ1) is 17.2. The number of hydrogen-bond donors (Lipinski definition) is 1. The van der Waals surface area contributed by atoms with E-state index in [0.717, 1.165) is 35.7 Å². The van der Waals surface area contributed by atoms with Crippen LogP contribution in [0.1, 0.15) is 17.4 Å². The molecule has 0 spiro atoms. The quantitative estimate of drug-likeness (QED) is 0.737. The predicted octanol–water partition coefficient (Wildman–Crippen LogP) is 4.44. The first-order valence-corrected chi connectivity index (χ1v) is 8.94. The lowest BCUT2D eigenvalue weighted by Gasteiger charge is -2.34. The van der Waals surface area contributed by atoms with Gasteiger partial charge in [-0.05, 0) is 29.8 Å². The molecule has 2 heterocycles. The molecule has 6 heteroatoms. The van der Waals surface area contributed by atoms with Crippen LogP contribution in [0, 0.1) is 5.82 Å². The van der Waals surface area contributed by atoms with Crippen LogP contribution in [-0.2, 0) is 11.3 Å². The molecule has 1 N–H and O–H groups in total. The number of nitrogens with zero attached hydrogens (tertiary/aromatic N) is 2.